The smallest absolute Gasteiger partial charge is 0.140 e. The SMILES string of the molecule is N#Cc1ccc(C2=NN(c3ccccc3)C(=N)C(C#N)C2)cc1. The summed E-state index contributed by atoms with van der Waals surface area (Å²) in [7, 11) is 0. The lowest BCUT2D eigenvalue weighted by molar-refractivity contribution is 0.836. The monoisotopic (exact) mass is 299 g/mol. The Kier molecular flexibility index (Phi) is 3.86. The molecule has 0 bridgehead atoms. The van der Waals surface area contributed by atoms with Crippen molar-refractivity contribution in [2.24, 2.45) is 11.0 Å². The van der Waals surface area contributed by atoms with Crippen LogP contribution in [0.3, 0.4) is 0 Å². The summed E-state index contributed by atoms with van der Waals surface area (Å²) < 4.78 is 0. The van der Waals surface area contributed by atoms with Crippen molar-refractivity contribution in [3.63, 3.8) is 0 Å². The van der Waals surface area contributed by atoms with Crippen molar-refractivity contribution < 1.29 is 0 Å². The molecule has 2 aromatic carbocycles. The maximum Gasteiger partial charge on any atom is 0.140 e. The second kappa shape index (κ2) is 6.13. The maximum atomic E-state index is 9.36. The zero-order chi connectivity index (χ0) is 16.2. The second-order valence-corrected chi connectivity index (χ2v) is 5.15. The number of rotatable bonds is 2. The lowest BCUT2D eigenvalue weighted by Gasteiger charge is -2.28. The van der Waals surface area contributed by atoms with Gasteiger partial charge in [0.1, 0.15) is 11.8 Å². The number of benzene rings is 2. The molecule has 1 aliphatic rings. The van der Waals surface area contributed by atoms with E-state index in [2.05, 4.69) is 17.2 Å². The molecule has 0 spiro atoms. The van der Waals surface area contributed by atoms with Crippen LogP contribution in [0.25, 0.3) is 0 Å². The van der Waals surface area contributed by atoms with Crippen LogP contribution in [0.15, 0.2) is 59.7 Å². The van der Waals surface area contributed by atoms with Gasteiger partial charge in [0.15, 0.2) is 0 Å². The van der Waals surface area contributed by atoms with E-state index in [0.29, 0.717) is 12.0 Å². The van der Waals surface area contributed by atoms with Gasteiger partial charge in [0.05, 0.1) is 29.1 Å². The number of nitrogens with zero attached hydrogens (tertiary/aromatic N) is 4. The Morgan fingerprint density at radius 1 is 1.04 bits per heavy atom. The normalized spacial score (nSPS) is 17.1. The quantitative estimate of drug-likeness (QED) is 0.923. The van der Waals surface area contributed by atoms with Crippen LogP contribution < -0.4 is 5.01 Å². The van der Waals surface area contributed by atoms with Gasteiger partial charge in [-0.3, -0.25) is 5.41 Å². The molecule has 1 atom stereocenters. The van der Waals surface area contributed by atoms with Crippen molar-refractivity contribution in [3.05, 3.63) is 65.7 Å². The third-order valence-corrected chi connectivity index (χ3v) is 3.68. The predicted molar refractivity (Wildman–Crippen MR) is 88.1 cm³/mol. The van der Waals surface area contributed by atoms with Crippen LogP contribution in [0.5, 0.6) is 0 Å². The van der Waals surface area contributed by atoms with Crippen molar-refractivity contribution in [1.82, 2.24) is 0 Å². The molecule has 0 amide bonds. The predicted octanol–water partition coefficient (Wildman–Crippen LogP) is 3.29. The highest BCUT2D eigenvalue weighted by Gasteiger charge is 2.29. The minimum atomic E-state index is -0.543. The summed E-state index contributed by atoms with van der Waals surface area (Å²) in [5.74, 6) is -0.366. The fourth-order valence-corrected chi connectivity index (χ4v) is 2.44. The third kappa shape index (κ3) is 2.81. The Labute approximate surface area is 134 Å². The molecular weight excluding hydrogens is 286 g/mol. The van der Waals surface area contributed by atoms with Gasteiger partial charge in [0.2, 0.25) is 0 Å². The van der Waals surface area contributed by atoms with Crippen LogP contribution in [-0.2, 0) is 0 Å². The summed E-state index contributed by atoms with van der Waals surface area (Å²) in [6.45, 7) is 0. The van der Waals surface area contributed by atoms with Gasteiger partial charge in [-0.1, -0.05) is 30.3 Å². The van der Waals surface area contributed by atoms with Crippen LogP contribution in [0.4, 0.5) is 5.69 Å². The van der Waals surface area contributed by atoms with Crippen molar-refractivity contribution in [1.29, 1.82) is 15.9 Å². The molecule has 2 aromatic rings. The Bertz CT molecular complexity index is 838. The molecule has 0 aliphatic carbocycles. The number of nitriles is 2. The molecule has 1 unspecified atom stereocenters. The van der Waals surface area contributed by atoms with E-state index in [9.17, 15) is 5.26 Å². The van der Waals surface area contributed by atoms with Crippen LogP contribution in [-0.4, -0.2) is 11.5 Å². The summed E-state index contributed by atoms with van der Waals surface area (Å²) in [6.07, 6.45) is 0.393. The molecular formula is C18H13N5. The molecule has 1 heterocycles. The Morgan fingerprint density at radius 2 is 1.74 bits per heavy atom. The Balaban J connectivity index is 2.03. The average molecular weight is 299 g/mol. The van der Waals surface area contributed by atoms with E-state index in [-0.39, 0.29) is 5.84 Å². The van der Waals surface area contributed by atoms with E-state index in [0.717, 1.165) is 17.0 Å². The first-order valence-corrected chi connectivity index (χ1v) is 7.14. The van der Waals surface area contributed by atoms with E-state index < -0.39 is 5.92 Å². The number of nitrogens with one attached hydrogen (secondary N) is 1. The number of amidine groups is 1. The summed E-state index contributed by atoms with van der Waals surface area (Å²) in [5, 5.41) is 32.5. The Morgan fingerprint density at radius 3 is 2.35 bits per heavy atom. The molecule has 1 aliphatic heterocycles. The van der Waals surface area contributed by atoms with Gasteiger partial charge < -0.3 is 0 Å². The first-order chi connectivity index (χ1) is 11.2. The molecule has 0 saturated carbocycles. The number of hydrogen-bond donors (Lipinski definition) is 1. The van der Waals surface area contributed by atoms with Gasteiger partial charge in [0.25, 0.3) is 0 Å². The van der Waals surface area contributed by atoms with Crippen molar-refractivity contribution in [3.8, 4) is 12.1 Å². The van der Waals surface area contributed by atoms with Gasteiger partial charge in [-0.25, -0.2) is 5.01 Å². The molecule has 0 aromatic heterocycles. The zero-order valence-corrected chi connectivity index (χ0v) is 12.3. The first kappa shape index (κ1) is 14.5. The van der Waals surface area contributed by atoms with Gasteiger partial charge >= 0.3 is 0 Å². The second-order valence-electron chi connectivity index (χ2n) is 5.15. The Hall–Kier alpha value is -3.44. The molecule has 23 heavy (non-hydrogen) atoms. The summed E-state index contributed by atoms with van der Waals surface area (Å²) in [5.41, 5.74) is 2.93. The topological polar surface area (TPSA) is 87.0 Å². The van der Waals surface area contributed by atoms with Crippen LogP contribution >= 0.6 is 0 Å². The van der Waals surface area contributed by atoms with Crippen molar-refractivity contribution in [2.45, 2.75) is 6.42 Å². The highest BCUT2D eigenvalue weighted by molar-refractivity contribution is 6.11. The number of para-hydroxylation sites is 1. The fourth-order valence-electron chi connectivity index (χ4n) is 2.44. The number of hydrazone groups is 1. The summed E-state index contributed by atoms with van der Waals surface area (Å²) >= 11 is 0. The fraction of sp³-hybridized carbons (Fsp3) is 0.111. The van der Waals surface area contributed by atoms with E-state index in [4.69, 9.17) is 10.7 Å². The molecule has 5 nitrogen and oxygen atoms in total. The minimum Gasteiger partial charge on any atom is -0.285 e. The van der Waals surface area contributed by atoms with E-state index in [1.54, 1.807) is 12.1 Å². The summed E-state index contributed by atoms with van der Waals surface area (Å²) in [6, 6.07) is 20.7. The lowest BCUT2D eigenvalue weighted by atomic mass is 9.95. The van der Waals surface area contributed by atoms with Crippen molar-refractivity contribution in [2.75, 3.05) is 5.01 Å². The largest absolute Gasteiger partial charge is 0.285 e. The lowest BCUT2D eigenvalue weighted by Crippen LogP contribution is -2.37. The molecule has 1 N–H and O–H groups in total. The zero-order valence-electron chi connectivity index (χ0n) is 12.3. The van der Waals surface area contributed by atoms with Gasteiger partial charge in [-0.05, 0) is 29.8 Å². The first-order valence-electron chi connectivity index (χ1n) is 7.14. The van der Waals surface area contributed by atoms with E-state index in [1.807, 2.05) is 42.5 Å². The molecule has 0 saturated heterocycles. The summed E-state index contributed by atoms with van der Waals surface area (Å²) in [4.78, 5) is 0. The molecule has 110 valence electrons. The highest BCUT2D eigenvalue weighted by Crippen LogP contribution is 2.25. The average Bonchev–Trinajstić information content (AvgIpc) is 2.63. The van der Waals surface area contributed by atoms with E-state index in [1.165, 1.54) is 5.01 Å². The molecule has 0 radical (unpaired) electrons. The number of hydrogen-bond acceptors (Lipinski definition) is 4. The van der Waals surface area contributed by atoms with Gasteiger partial charge in [-0.15, -0.1) is 0 Å². The standard InChI is InChI=1S/C18H13N5/c19-11-13-6-8-14(9-7-13)17-10-15(12-20)18(21)23(22-17)16-4-2-1-3-5-16/h1-9,15,21H,10H2. The maximum absolute atomic E-state index is 9.36. The van der Waals surface area contributed by atoms with Crippen LogP contribution in [0.1, 0.15) is 17.5 Å². The van der Waals surface area contributed by atoms with Crippen LogP contribution in [0, 0.1) is 34.0 Å². The van der Waals surface area contributed by atoms with Crippen LogP contribution in [0.2, 0.25) is 0 Å². The van der Waals surface area contributed by atoms with Crippen molar-refractivity contribution >= 4 is 17.2 Å². The molecule has 0 fully saturated rings. The van der Waals surface area contributed by atoms with Gasteiger partial charge in [0, 0.05) is 6.42 Å². The molecule has 3 rings (SSSR count). The molecule has 5 heteroatoms. The highest BCUT2D eigenvalue weighted by atomic mass is 15.5. The van der Waals surface area contributed by atoms with Gasteiger partial charge in [-0.2, -0.15) is 15.6 Å². The minimum absolute atomic E-state index is 0.177. The number of anilines is 1. The van der Waals surface area contributed by atoms with E-state index >= 15 is 0 Å². The third-order valence-electron chi connectivity index (χ3n) is 3.68.